The average molecular weight is 482 g/mol. The van der Waals surface area contributed by atoms with Crippen molar-refractivity contribution in [3.63, 3.8) is 0 Å². The number of carboxylic acids is 1. The Morgan fingerprint density at radius 1 is 1.18 bits per heavy atom. The standard InChI is InChI=1S/C25H27N3O5S/c1-3-17-5-9-23-18(13-17)6-7-20(4-2)28(23)34(31,32)21-8-10-24(22(14-21)25(29)30)33-15-19-11-12-26-16-27-19/h5,8-14,16,20H,3-4,6-7,15H2,1-2H3,(H,29,30). The van der Waals surface area contributed by atoms with Crippen molar-refractivity contribution >= 4 is 21.7 Å². The van der Waals surface area contributed by atoms with E-state index in [4.69, 9.17) is 4.74 Å². The lowest BCUT2D eigenvalue weighted by atomic mass is 9.94. The first kappa shape index (κ1) is 23.7. The van der Waals surface area contributed by atoms with E-state index >= 15 is 0 Å². The quantitative estimate of drug-likeness (QED) is 0.512. The molecule has 178 valence electrons. The first-order valence-electron chi connectivity index (χ1n) is 11.3. The minimum Gasteiger partial charge on any atom is -0.486 e. The third-order valence-corrected chi connectivity index (χ3v) is 7.96. The van der Waals surface area contributed by atoms with Crippen LogP contribution in [0.3, 0.4) is 0 Å². The number of hydrogen-bond acceptors (Lipinski definition) is 6. The highest BCUT2D eigenvalue weighted by Gasteiger charge is 2.36. The lowest BCUT2D eigenvalue weighted by molar-refractivity contribution is 0.0691. The summed E-state index contributed by atoms with van der Waals surface area (Å²) in [5.41, 5.74) is 3.17. The summed E-state index contributed by atoms with van der Waals surface area (Å²) in [6, 6.07) is 11.3. The molecule has 1 atom stereocenters. The molecular formula is C25H27N3O5S. The van der Waals surface area contributed by atoms with Crippen molar-refractivity contribution in [3.8, 4) is 5.75 Å². The molecule has 0 bridgehead atoms. The summed E-state index contributed by atoms with van der Waals surface area (Å²) in [5.74, 6) is -1.20. The van der Waals surface area contributed by atoms with Crippen LogP contribution >= 0.6 is 0 Å². The normalized spacial score (nSPS) is 15.6. The summed E-state index contributed by atoms with van der Waals surface area (Å²) in [4.78, 5) is 19.8. The summed E-state index contributed by atoms with van der Waals surface area (Å²) < 4.78 is 34.7. The molecule has 0 radical (unpaired) electrons. The monoisotopic (exact) mass is 481 g/mol. The molecule has 4 rings (SSSR count). The number of aromatic nitrogens is 2. The summed E-state index contributed by atoms with van der Waals surface area (Å²) in [7, 11) is -4.00. The maximum Gasteiger partial charge on any atom is 0.339 e. The maximum atomic E-state index is 13.8. The number of nitrogens with zero attached hydrogens (tertiary/aromatic N) is 3. The molecule has 1 aliphatic rings. The molecule has 1 unspecified atom stereocenters. The molecular weight excluding hydrogens is 454 g/mol. The molecule has 0 amide bonds. The van der Waals surface area contributed by atoms with Crippen LogP contribution in [0.4, 0.5) is 5.69 Å². The van der Waals surface area contributed by atoms with E-state index in [0.717, 1.165) is 24.0 Å². The summed E-state index contributed by atoms with van der Waals surface area (Å²) in [5, 5.41) is 9.76. The highest BCUT2D eigenvalue weighted by molar-refractivity contribution is 7.92. The predicted octanol–water partition coefficient (Wildman–Crippen LogP) is 4.24. The molecule has 1 aliphatic heterocycles. The van der Waals surface area contributed by atoms with Crippen molar-refractivity contribution in [2.75, 3.05) is 4.31 Å². The van der Waals surface area contributed by atoms with Crippen molar-refractivity contribution in [3.05, 3.63) is 77.4 Å². The second kappa shape index (κ2) is 9.80. The molecule has 0 spiro atoms. The van der Waals surface area contributed by atoms with Gasteiger partial charge in [-0.15, -0.1) is 0 Å². The fourth-order valence-electron chi connectivity index (χ4n) is 4.24. The van der Waals surface area contributed by atoms with Gasteiger partial charge < -0.3 is 9.84 Å². The molecule has 1 aromatic heterocycles. The van der Waals surface area contributed by atoms with Crippen LogP contribution in [0.15, 0.2) is 59.9 Å². The van der Waals surface area contributed by atoms with E-state index in [1.54, 1.807) is 12.3 Å². The van der Waals surface area contributed by atoms with Crippen molar-refractivity contribution in [2.24, 2.45) is 0 Å². The molecule has 0 saturated carbocycles. The number of anilines is 1. The first-order chi connectivity index (χ1) is 16.3. The Morgan fingerprint density at radius 2 is 2.00 bits per heavy atom. The number of ether oxygens (including phenoxy) is 1. The molecule has 2 aromatic carbocycles. The minimum atomic E-state index is -4.00. The Labute approximate surface area is 199 Å². The zero-order chi connectivity index (χ0) is 24.3. The van der Waals surface area contributed by atoms with Gasteiger partial charge >= 0.3 is 5.97 Å². The van der Waals surface area contributed by atoms with E-state index in [0.29, 0.717) is 24.2 Å². The van der Waals surface area contributed by atoms with Crippen LogP contribution in [-0.2, 0) is 29.5 Å². The van der Waals surface area contributed by atoms with Gasteiger partial charge in [0.25, 0.3) is 10.0 Å². The number of benzene rings is 2. The molecule has 0 aliphatic carbocycles. The number of aromatic carboxylic acids is 1. The van der Waals surface area contributed by atoms with Crippen LogP contribution in [0, 0.1) is 0 Å². The second-order valence-corrected chi connectivity index (χ2v) is 9.99. The predicted molar refractivity (Wildman–Crippen MR) is 128 cm³/mol. The van der Waals surface area contributed by atoms with Crippen molar-refractivity contribution < 1.29 is 23.1 Å². The van der Waals surface area contributed by atoms with Crippen molar-refractivity contribution in [1.29, 1.82) is 0 Å². The summed E-state index contributed by atoms with van der Waals surface area (Å²) in [6.07, 6.45) is 5.97. The van der Waals surface area contributed by atoms with Gasteiger partial charge in [0.1, 0.15) is 24.2 Å². The SMILES string of the molecule is CCc1ccc2c(c1)CCC(CC)N2S(=O)(=O)c1ccc(OCc2ccncn2)c(C(=O)O)c1. The van der Waals surface area contributed by atoms with Crippen LogP contribution in [0.2, 0.25) is 0 Å². The Morgan fingerprint density at radius 3 is 2.68 bits per heavy atom. The van der Waals surface area contributed by atoms with Gasteiger partial charge in [-0.2, -0.15) is 0 Å². The van der Waals surface area contributed by atoms with Gasteiger partial charge in [-0.05, 0) is 67.1 Å². The topological polar surface area (TPSA) is 110 Å². The Kier molecular flexibility index (Phi) is 6.83. The second-order valence-electron chi connectivity index (χ2n) is 8.17. The van der Waals surface area contributed by atoms with Gasteiger partial charge in [-0.1, -0.05) is 26.0 Å². The van der Waals surface area contributed by atoms with Crippen LogP contribution in [0.5, 0.6) is 5.75 Å². The number of carboxylic acid groups (broad SMARTS) is 1. The van der Waals surface area contributed by atoms with Crippen LogP contribution in [0.1, 0.15) is 53.9 Å². The molecule has 0 fully saturated rings. The van der Waals surface area contributed by atoms with Gasteiger partial charge in [0.05, 0.1) is 16.3 Å². The number of carbonyl (C=O) groups is 1. The lowest BCUT2D eigenvalue weighted by Gasteiger charge is -2.37. The van der Waals surface area contributed by atoms with E-state index in [-0.39, 0.29) is 28.9 Å². The average Bonchev–Trinajstić information content (AvgIpc) is 2.86. The van der Waals surface area contributed by atoms with Crippen LogP contribution in [-0.4, -0.2) is 35.5 Å². The molecule has 0 saturated heterocycles. The Balaban J connectivity index is 1.71. The molecule has 3 aromatic rings. The van der Waals surface area contributed by atoms with Crippen molar-refractivity contribution in [1.82, 2.24) is 9.97 Å². The number of hydrogen-bond donors (Lipinski definition) is 1. The van der Waals surface area contributed by atoms with Gasteiger partial charge in [0.2, 0.25) is 0 Å². The van der Waals surface area contributed by atoms with Crippen LogP contribution in [0.25, 0.3) is 0 Å². The Bertz CT molecular complexity index is 1300. The van der Waals surface area contributed by atoms with E-state index < -0.39 is 16.0 Å². The molecule has 2 heterocycles. The van der Waals surface area contributed by atoms with E-state index in [2.05, 4.69) is 23.0 Å². The summed E-state index contributed by atoms with van der Waals surface area (Å²) >= 11 is 0. The molecule has 9 heteroatoms. The van der Waals surface area contributed by atoms with Crippen LogP contribution < -0.4 is 9.04 Å². The van der Waals surface area contributed by atoms with Gasteiger partial charge in [-0.3, -0.25) is 4.31 Å². The number of aryl methyl sites for hydroxylation is 2. The number of sulfonamides is 1. The van der Waals surface area contributed by atoms with E-state index in [9.17, 15) is 18.3 Å². The van der Waals surface area contributed by atoms with Gasteiger partial charge in [0.15, 0.2) is 0 Å². The van der Waals surface area contributed by atoms with E-state index in [1.807, 2.05) is 19.1 Å². The minimum absolute atomic E-state index is 0.0338. The Hall–Kier alpha value is -3.46. The zero-order valence-electron chi connectivity index (χ0n) is 19.1. The summed E-state index contributed by atoms with van der Waals surface area (Å²) in [6.45, 7) is 4.06. The zero-order valence-corrected chi connectivity index (χ0v) is 20.0. The largest absolute Gasteiger partial charge is 0.486 e. The third-order valence-electron chi connectivity index (χ3n) is 6.10. The van der Waals surface area contributed by atoms with Gasteiger partial charge in [0, 0.05) is 12.2 Å². The maximum absolute atomic E-state index is 13.8. The third kappa shape index (κ3) is 4.61. The van der Waals surface area contributed by atoms with Gasteiger partial charge in [-0.25, -0.2) is 23.2 Å². The number of fused-ring (bicyclic) bond motifs is 1. The first-order valence-corrected chi connectivity index (χ1v) is 12.7. The highest BCUT2D eigenvalue weighted by atomic mass is 32.2. The van der Waals surface area contributed by atoms with Crippen molar-refractivity contribution in [2.45, 2.75) is 57.1 Å². The molecule has 1 N–H and O–H groups in total. The fraction of sp³-hybridized carbons (Fsp3) is 0.320. The fourth-order valence-corrected chi connectivity index (χ4v) is 6.05. The number of rotatable bonds is 8. The highest BCUT2D eigenvalue weighted by Crippen LogP contribution is 2.38. The molecule has 34 heavy (non-hydrogen) atoms. The molecule has 8 nitrogen and oxygen atoms in total. The lowest BCUT2D eigenvalue weighted by Crippen LogP contribution is -2.43. The smallest absolute Gasteiger partial charge is 0.339 e. The van der Waals surface area contributed by atoms with E-state index in [1.165, 1.54) is 28.8 Å².